The summed E-state index contributed by atoms with van der Waals surface area (Å²) in [6.45, 7) is 3.73. The predicted octanol–water partition coefficient (Wildman–Crippen LogP) is 1.86. The zero-order valence-corrected chi connectivity index (χ0v) is 8.05. The molecule has 0 atom stereocenters. The first-order chi connectivity index (χ1) is 6.11. The first kappa shape index (κ1) is 9.99. The summed E-state index contributed by atoms with van der Waals surface area (Å²) in [5, 5.41) is 0. The second-order valence-electron chi connectivity index (χ2n) is 3.22. The van der Waals surface area contributed by atoms with Gasteiger partial charge in [-0.3, -0.25) is 0 Å². The van der Waals surface area contributed by atoms with Gasteiger partial charge < -0.3 is 10.6 Å². The van der Waals surface area contributed by atoms with Crippen molar-refractivity contribution in [2.45, 2.75) is 13.5 Å². The molecular formula is C10H15FN2. The molecule has 2 N–H and O–H groups in total. The number of nitrogens with zero attached hydrogens (tertiary/aromatic N) is 1. The van der Waals surface area contributed by atoms with Gasteiger partial charge in [-0.15, -0.1) is 0 Å². The first-order valence-corrected chi connectivity index (χ1v) is 4.35. The summed E-state index contributed by atoms with van der Waals surface area (Å²) in [4.78, 5) is 2.09. The summed E-state index contributed by atoms with van der Waals surface area (Å²) in [6.07, 6.45) is 0. The van der Waals surface area contributed by atoms with Gasteiger partial charge >= 0.3 is 0 Å². The highest BCUT2D eigenvalue weighted by Gasteiger charge is 2.00. The lowest BCUT2D eigenvalue weighted by Crippen LogP contribution is -2.16. The summed E-state index contributed by atoms with van der Waals surface area (Å²) in [6, 6.07) is 4.65. The lowest BCUT2D eigenvalue weighted by atomic mass is 10.2. The van der Waals surface area contributed by atoms with Gasteiger partial charge in [0.2, 0.25) is 0 Å². The fourth-order valence-electron chi connectivity index (χ4n) is 1.19. The minimum atomic E-state index is -0.264. The molecule has 0 aliphatic carbocycles. The van der Waals surface area contributed by atoms with E-state index in [1.54, 1.807) is 6.07 Å². The Morgan fingerprint density at radius 2 is 2.08 bits per heavy atom. The Hall–Kier alpha value is -1.09. The van der Waals surface area contributed by atoms with Gasteiger partial charge in [-0.25, -0.2) is 4.39 Å². The highest BCUT2D eigenvalue weighted by molar-refractivity contribution is 5.41. The van der Waals surface area contributed by atoms with Crippen molar-refractivity contribution in [1.82, 2.24) is 4.90 Å². The van der Waals surface area contributed by atoms with Crippen LogP contribution >= 0.6 is 0 Å². The van der Waals surface area contributed by atoms with Crippen LogP contribution in [0.2, 0.25) is 0 Å². The molecule has 0 aromatic heterocycles. The molecule has 0 fully saturated rings. The molecule has 0 saturated heterocycles. The van der Waals surface area contributed by atoms with Crippen LogP contribution in [0.1, 0.15) is 12.5 Å². The van der Waals surface area contributed by atoms with Crippen molar-refractivity contribution in [3.63, 3.8) is 0 Å². The van der Waals surface area contributed by atoms with E-state index >= 15 is 0 Å². The van der Waals surface area contributed by atoms with E-state index < -0.39 is 0 Å². The van der Waals surface area contributed by atoms with Crippen molar-refractivity contribution >= 4 is 5.69 Å². The molecule has 3 heteroatoms. The molecule has 0 amide bonds. The van der Waals surface area contributed by atoms with E-state index in [0.29, 0.717) is 5.69 Å². The van der Waals surface area contributed by atoms with Crippen molar-refractivity contribution in [3.05, 3.63) is 29.6 Å². The van der Waals surface area contributed by atoms with Crippen LogP contribution in [-0.2, 0) is 6.54 Å². The highest BCUT2D eigenvalue weighted by Crippen LogP contribution is 2.11. The fraction of sp³-hybridized carbons (Fsp3) is 0.400. The lowest BCUT2D eigenvalue weighted by Gasteiger charge is -2.13. The minimum absolute atomic E-state index is 0.264. The molecule has 0 aliphatic rings. The Labute approximate surface area is 78.2 Å². The maximum absolute atomic E-state index is 12.9. The van der Waals surface area contributed by atoms with Crippen molar-refractivity contribution in [1.29, 1.82) is 0 Å². The number of benzene rings is 1. The van der Waals surface area contributed by atoms with Crippen LogP contribution < -0.4 is 5.73 Å². The zero-order valence-electron chi connectivity index (χ0n) is 8.05. The van der Waals surface area contributed by atoms with Gasteiger partial charge in [0, 0.05) is 12.2 Å². The normalized spacial score (nSPS) is 10.8. The van der Waals surface area contributed by atoms with Gasteiger partial charge in [0.05, 0.1) is 0 Å². The monoisotopic (exact) mass is 182 g/mol. The van der Waals surface area contributed by atoms with Gasteiger partial charge in [0.25, 0.3) is 0 Å². The number of nitrogen functional groups attached to an aromatic ring is 1. The van der Waals surface area contributed by atoms with Gasteiger partial charge in [0.1, 0.15) is 5.82 Å². The topological polar surface area (TPSA) is 29.3 Å². The van der Waals surface area contributed by atoms with Crippen molar-refractivity contribution in [2.24, 2.45) is 0 Å². The molecular weight excluding hydrogens is 167 g/mol. The van der Waals surface area contributed by atoms with E-state index in [1.165, 1.54) is 12.1 Å². The second kappa shape index (κ2) is 4.23. The molecule has 72 valence electrons. The Kier molecular flexibility index (Phi) is 3.25. The largest absolute Gasteiger partial charge is 0.399 e. The van der Waals surface area contributed by atoms with Crippen LogP contribution in [0.15, 0.2) is 18.2 Å². The molecule has 2 nitrogen and oxygen atoms in total. The van der Waals surface area contributed by atoms with Crippen LogP contribution in [0.4, 0.5) is 10.1 Å². The Balaban J connectivity index is 2.77. The molecule has 13 heavy (non-hydrogen) atoms. The summed E-state index contributed by atoms with van der Waals surface area (Å²) in [5.41, 5.74) is 6.92. The smallest absolute Gasteiger partial charge is 0.125 e. The molecule has 1 aromatic carbocycles. The fourth-order valence-corrected chi connectivity index (χ4v) is 1.19. The first-order valence-electron chi connectivity index (χ1n) is 4.35. The van der Waals surface area contributed by atoms with Crippen LogP contribution in [0, 0.1) is 5.82 Å². The Morgan fingerprint density at radius 1 is 1.38 bits per heavy atom. The van der Waals surface area contributed by atoms with Crippen LogP contribution in [0.25, 0.3) is 0 Å². The van der Waals surface area contributed by atoms with E-state index in [2.05, 4.69) is 11.8 Å². The van der Waals surface area contributed by atoms with E-state index in [4.69, 9.17) is 5.73 Å². The maximum Gasteiger partial charge on any atom is 0.125 e. The molecule has 0 bridgehead atoms. The SMILES string of the molecule is CCN(C)Cc1cc(N)cc(F)c1. The van der Waals surface area contributed by atoms with Gasteiger partial charge in [-0.1, -0.05) is 6.92 Å². The zero-order chi connectivity index (χ0) is 9.84. The Bertz CT molecular complexity index is 266. The van der Waals surface area contributed by atoms with Gasteiger partial charge in [-0.05, 0) is 37.4 Å². The molecule has 0 aliphatic heterocycles. The van der Waals surface area contributed by atoms with Crippen molar-refractivity contribution in [3.8, 4) is 0 Å². The number of rotatable bonds is 3. The van der Waals surface area contributed by atoms with Gasteiger partial charge in [0.15, 0.2) is 0 Å². The Morgan fingerprint density at radius 3 is 2.62 bits per heavy atom. The third kappa shape index (κ3) is 3.03. The highest BCUT2D eigenvalue weighted by atomic mass is 19.1. The number of halogens is 1. The molecule has 1 rings (SSSR count). The van der Waals surface area contributed by atoms with E-state index in [0.717, 1.165) is 18.7 Å². The third-order valence-electron chi connectivity index (χ3n) is 1.97. The number of hydrogen-bond acceptors (Lipinski definition) is 2. The molecule has 0 radical (unpaired) electrons. The lowest BCUT2D eigenvalue weighted by molar-refractivity contribution is 0.345. The second-order valence-corrected chi connectivity index (χ2v) is 3.22. The maximum atomic E-state index is 12.9. The quantitative estimate of drug-likeness (QED) is 0.723. The minimum Gasteiger partial charge on any atom is -0.399 e. The van der Waals surface area contributed by atoms with Gasteiger partial charge in [-0.2, -0.15) is 0 Å². The summed E-state index contributed by atoms with van der Waals surface area (Å²) in [5.74, 6) is -0.264. The van der Waals surface area contributed by atoms with Crippen molar-refractivity contribution in [2.75, 3.05) is 19.3 Å². The molecule has 0 spiro atoms. The number of hydrogen-bond donors (Lipinski definition) is 1. The standard InChI is InChI=1S/C10H15FN2/c1-3-13(2)7-8-4-9(11)6-10(12)5-8/h4-6H,3,7,12H2,1-2H3. The molecule has 0 unspecified atom stereocenters. The number of anilines is 1. The average Bonchev–Trinajstić information content (AvgIpc) is 2.02. The molecule has 1 aromatic rings. The van der Waals surface area contributed by atoms with E-state index in [9.17, 15) is 4.39 Å². The van der Waals surface area contributed by atoms with Crippen LogP contribution in [-0.4, -0.2) is 18.5 Å². The molecule has 0 heterocycles. The van der Waals surface area contributed by atoms with E-state index in [-0.39, 0.29) is 5.82 Å². The predicted molar refractivity (Wildman–Crippen MR) is 52.8 cm³/mol. The van der Waals surface area contributed by atoms with Crippen LogP contribution in [0.5, 0.6) is 0 Å². The number of nitrogens with two attached hydrogens (primary N) is 1. The van der Waals surface area contributed by atoms with E-state index in [1.807, 2.05) is 7.05 Å². The molecule has 0 saturated carbocycles. The summed E-state index contributed by atoms with van der Waals surface area (Å²) >= 11 is 0. The summed E-state index contributed by atoms with van der Waals surface area (Å²) < 4.78 is 12.9. The third-order valence-corrected chi connectivity index (χ3v) is 1.97. The summed E-state index contributed by atoms with van der Waals surface area (Å²) in [7, 11) is 1.99. The van der Waals surface area contributed by atoms with Crippen LogP contribution in [0.3, 0.4) is 0 Å². The van der Waals surface area contributed by atoms with Crippen molar-refractivity contribution < 1.29 is 4.39 Å². The average molecular weight is 182 g/mol.